The number of hydrogen-bond acceptors (Lipinski definition) is 2. The standard InChI is InChI=1S/C13H19BrN2O/c1-4-9-7-10(14)5-6-11(9)16-12(17)13(2,3)8-15/h5-7H,4,8,15H2,1-3H3,(H,16,17). The number of carbonyl (C=O) groups excluding carboxylic acids is 1. The van der Waals surface area contributed by atoms with Crippen LogP contribution in [0.2, 0.25) is 0 Å². The summed E-state index contributed by atoms with van der Waals surface area (Å²) in [5, 5.41) is 2.94. The van der Waals surface area contributed by atoms with Crippen LogP contribution in [0.1, 0.15) is 26.3 Å². The van der Waals surface area contributed by atoms with Crippen molar-refractivity contribution in [2.75, 3.05) is 11.9 Å². The van der Waals surface area contributed by atoms with Gasteiger partial charge in [0.2, 0.25) is 5.91 Å². The van der Waals surface area contributed by atoms with Gasteiger partial charge >= 0.3 is 0 Å². The Morgan fingerprint density at radius 2 is 2.12 bits per heavy atom. The molecule has 94 valence electrons. The minimum absolute atomic E-state index is 0.0444. The molecule has 0 aliphatic carbocycles. The number of hydrogen-bond donors (Lipinski definition) is 2. The third-order valence-corrected chi connectivity index (χ3v) is 3.31. The number of amides is 1. The summed E-state index contributed by atoms with van der Waals surface area (Å²) in [6, 6.07) is 5.85. The molecule has 0 saturated heterocycles. The highest BCUT2D eigenvalue weighted by Gasteiger charge is 2.26. The van der Waals surface area contributed by atoms with Crippen molar-refractivity contribution < 1.29 is 4.79 Å². The topological polar surface area (TPSA) is 55.1 Å². The van der Waals surface area contributed by atoms with Crippen molar-refractivity contribution in [2.45, 2.75) is 27.2 Å². The molecule has 1 aromatic rings. The lowest BCUT2D eigenvalue weighted by molar-refractivity contribution is -0.123. The van der Waals surface area contributed by atoms with Crippen LogP contribution in [-0.4, -0.2) is 12.5 Å². The van der Waals surface area contributed by atoms with Gasteiger partial charge in [-0.2, -0.15) is 0 Å². The third kappa shape index (κ3) is 3.54. The minimum atomic E-state index is -0.544. The number of nitrogens with one attached hydrogen (secondary N) is 1. The molecule has 4 heteroatoms. The average Bonchev–Trinajstić information content (AvgIpc) is 2.31. The molecule has 0 bridgehead atoms. The molecule has 0 spiro atoms. The van der Waals surface area contributed by atoms with E-state index in [0.29, 0.717) is 6.54 Å². The van der Waals surface area contributed by atoms with E-state index in [1.807, 2.05) is 32.0 Å². The van der Waals surface area contributed by atoms with Gasteiger partial charge in [-0.3, -0.25) is 4.79 Å². The van der Waals surface area contributed by atoms with Crippen LogP contribution >= 0.6 is 15.9 Å². The Morgan fingerprint density at radius 1 is 1.47 bits per heavy atom. The number of benzene rings is 1. The van der Waals surface area contributed by atoms with Crippen LogP contribution in [0.5, 0.6) is 0 Å². The zero-order chi connectivity index (χ0) is 13.1. The molecule has 1 aromatic carbocycles. The van der Waals surface area contributed by atoms with E-state index in [2.05, 4.69) is 28.2 Å². The third-order valence-electron chi connectivity index (χ3n) is 2.82. The van der Waals surface area contributed by atoms with Crippen molar-refractivity contribution in [1.29, 1.82) is 0 Å². The van der Waals surface area contributed by atoms with Gasteiger partial charge in [0.1, 0.15) is 0 Å². The first-order chi connectivity index (χ1) is 7.90. The lowest BCUT2D eigenvalue weighted by Gasteiger charge is -2.22. The lowest BCUT2D eigenvalue weighted by atomic mass is 9.92. The summed E-state index contributed by atoms with van der Waals surface area (Å²) in [6.07, 6.45) is 0.873. The Morgan fingerprint density at radius 3 is 2.65 bits per heavy atom. The highest BCUT2D eigenvalue weighted by molar-refractivity contribution is 9.10. The van der Waals surface area contributed by atoms with Crippen molar-refractivity contribution in [1.82, 2.24) is 0 Å². The molecular formula is C13H19BrN2O. The molecule has 0 aromatic heterocycles. The first-order valence-corrected chi connectivity index (χ1v) is 6.50. The van der Waals surface area contributed by atoms with E-state index in [0.717, 1.165) is 22.1 Å². The number of carbonyl (C=O) groups is 1. The SMILES string of the molecule is CCc1cc(Br)ccc1NC(=O)C(C)(C)CN. The molecule has 0 saturated carbocycles. The number of anilines is 1. The Balaban J connectivity index is 2.92. The van der Waals surface area contributed by atoms with Crippen LogP contribution < -0.4 is 11.1 Å². The Bertz CT molecular complexity index is 416. The van der Waals surface area contributed by atoms with Gasteiger partial charge in [-0.15, -0.1) is 0 Å². The largest absolute Gasteiger partial charge is 0.329 e. The van der Waals surface area contributed by atoms with E-state index in [-0.39, 0.29) is 5.91 Å². The van der Waals surface area contributed by atoms with Crippen LogP contribution in [0.3, 0.4) is 0 Å². The summed E-state index contributed by atoms with van der Waals surface area (Å²) in [5.74, 6) is -0.0444. The molecule has 0 heterocycles. The van der Waals surface area contributed by atoms with Crippen LogP contribution in [0.25, 0.3) is 0 Å². The molecular weight excluding hydrogens is 280 g/mol. The van der Waals surface area contributed by atoms with Crippen molar-refractivity contribution in [3.05, 3.63) is 28.2 Å². The summed E-state index contributed by atoms with van der Waals surface area (Å²) in [6.45, 7) is 6.07. The average molecular weight is 299 g/mol. The van der Waals surface area contributed by atoms with Crippen LogP contribution in [0, 0.1) is 5.41 Å². The molecule has 3 nitrogen and oxygen atoms in total. The summed E-state index contributed by atoms with van der Waals surface area (Å²) in [5.41, 5.74) is 7.02. The Labute approximate surface area is 111 Å². The molecule has 0 radical (unpaired) electrons. The zero-order valence-electron chi connectivity index (χ0n) is 10.5. The highest BCUT2D eigenvalue weighted by Crippen LogP contribution is 2.24. The molecule has 0 fully saturated rings. The van der Waals surface area contributed by atoms with E-state index in [1.165, 1.54) is 0 Å². The van der Waals surface area contributed by atoms with E-state index in [9.17, 15) is 4.79 Å². The number of aryl methyl sites for hydroxylation is 1. The van der Waals surface area contributed by atoms with Gasteiger partial charge in [-0.05, 0) is 44.0 Å². The van der Waals surface area contributed by atoms with Gasteiger partial charge < -0.3 is 11.1 Å². The summed E-state index contributed by atoms with van der Waals surface area (Å²) in [7, 11) is 0. The van der Waals surface area contributed by atoms with Crippen molar-refractivity contribution >= 4 is 27.5 Å². The predicted molar refractivity (Wildman–Crippen MR) is 75.0 cm³/mol. The molecule has 3 N–H and O–H groups in total. The van der Waals surface area contributed by atoms with Gasteiger partial charge in [-0.1, -0.05) is 22.9 Å². The van der Waals surface area contributed by atoms with Gasteiger partial charge in [0.25, 0.3) is 0 Å². The summed E-state index contributed by atoms with van der Waals surface area (Å²) in [4.78, 5) is 12.0. The fraction of sp³-hybridized carbons (Fsp3) is 0.462. The minimum Gasteiger partial charge on any atom is -0.329 e. The second-order valence-corrected chi connectivity index (χ2v) is 5.61. The molecule has 0 aliphatic heterocycles. The number of halogens is 1. The van der Waals surface area contributed by atoms with Crippen molar-refractivity contribution in [2.24, 2.45) is 11.1 Å². The van der Waals surface area contributed by atoms with Crippen LogP contribution in [0.4, 0.5) is 5.69 Å². The fourth-order valence-corrected chi connectivity index (χ4v) is 1.77. The second kappa shape index (κ2) is 5.65. The number of nitrogens with two attached hydrogens (primary N) is 1. The maximum Gasteiger partial charge on any atom is 0.231 e. The molecule has 1 rings (SSSR count). The van der Waals surface area contributed by atoms with Crippen molar-refractivity contribution in [3.8, 4) is 0 Å². The normalized spacial score (nSPS) is 11.4. The molecule has 1 amide bonds. The van der Waals surface area contributed by atoms with E-state index in [4.69, 9.17) is 5.73 Å². The first-order valence-electron chi connectivity index (χ1n) is 5.70. The molecule has 0 atom stereocenters. The summed E-state index contributed by atoms with van der Waals surface area (Å²) < 4.78 is 1.02. The lowest BCUT2D eigenvalue weighted by Crippen LogP contribution is -2.37. The van der Waals surface area contributed by atoms with Gasteiger partial charge in [0.05, 0.1) is 5.41 Å². The van der Waals surface area contributed by atoms with Gasteiger partial charge in [-0.25, -0.2) is 0 Å². The van der Waals surface area contributed by atoms with E-state index < -0.39 is 5.41 Å². The van der Waals surface area contributed by atoms with Gasteiger partial charge in [0, 0.05) is 16.7 Å². The smallest absolute Gasteiger partial charge is 0.231 e. The molecule has 0 aliphatic rings. The molecule has 17 heavy (non-hydrogen) atoms. The predicted octanol–water partition coefficient (Wildman–Crippen LogP) is 2.93. The molecule has 0 unspecified atom stereocenters. The van der Waals surface area contributed by atoms with E-state index in [1.54, 1.807) is 0 Å². The fourth-order valence-electron chi connectivity index (χ4n) is 1.36. The Kier molecular flexibility index (Phi) is 4.71. The number of rotatable bonds is 4. The van der Waals surface area contributed by atoms with Gasteiger partial charge in [0.15, 0.2) is 0 Å². The zero-order valence-corrected chi connectivity index (χ0v) is 12.1. The quantitative estimate of drug-likeness (QED) is 0.898. The maximum atomic E-state index is 12.0. The van der Waals surface area contributed by atoms with E-state index >= 15 is 0 Å². The van der Waals surface area contributed by atoms with Crippen molar-refractivity contribution in [3.63, 3.8) is 0 Å². The second-order valence-electron chi connectivity index (χ2n) is 4.70. The van der Waals surface area contributed by atoms with Crippen LogP contribution in [0.15, 0.2) is 22.7 Å². The monoisotopic (exact) mass is 298 g/mol. The first kappa shape index (κ1) is 14.2. The van der Waals surface area contributed by atoms with Crippen LogP contribution in [-0.2, 0) is 11.2 Å². The maximum absolute atomic E-state index is 12.0. The summed E-state index contributed by atoms with van der Waals surface area (Å²) >= 11 is 3.42. The Hall–Kier alpha value is -0.870. The highest BCUT2D eigenvalue weighted by atomic mass is 79.9.